The van der Waals surface area contributed by atoms with Gasteiger partial charge >= 0.3 is 6.11 Å². The first-order valence-corrected chi connectivity index (χ1v) is 9.71. The summed E-state index contributed by atoms with van der Waals surface area (Å²) in [5.41, 5.74) is -2.97. The molecule has 1 heterocycles. The van der Waals surface area contributed by atoms with E-state index in [0.29, 0.717) is 35.6 Å². The highest BCUT2D eigenvalue weighted by Crippen LogP contribution is 2.40. The van der Waals surface area contributed by atoms with Crippen LogP contribution in [0.2, 0.25) is 0 Å². The Kier molecular flexibility index (Phi) is 6.49. The third-order valence-corrected chi connectivity index (χ3v) is 5.47. The molecule has 0 unspecified atom stereocenters. The highest BCUT2D eigenvalue weighted by molar-refractivity contribution is 7.78. The van der Waals surface area contributed by atoms with Gasteiger partial charge in [-0.3, -0.25) is 0 Å². The van der Waals surface area contributed by atoms with Gasteiger partial charge in [0.05, 0.1) is 10.0 Å². The number of aryl methyl sites for hydroxylation is 1. The molecule has 1 aromatic heterocycles. The molecule has 0 saturated carbocycles. The monoisotopic (exact) mass is 477 g/mol. The fourth-order valence-corrected chi connectivity index (χ4v) is 3.77. The smallest absolute Gasteiger partial charge is 0.429 e. The Morgan fingerprint density at radius 2 is 1.52 bits per heavy atom. The van der Waals surface area contributed by atoms with Crippen LogP contribution in [0.5, 0.6) is 5.75 Å². The Morgan fingerprint density at radius 1 is 0.935 bits per heavy atom. The molecule has 11 heteroatoms. The number of rotatable bonds is 6. The van der Waals surface area contributed by atoms with Crippen molar-refractivity contribution in [2.24, 2.45) is 4.99 Å². The van der Waals surface area contributed by atoms with Crippen molar-refractivity contribution in [1.29, 1.82) is 0 Å². The van der Waals surface area contributed by atoms with Crippen molar-refractivity contribution >= 4 is 34.4 Å². The van der Waals surface area contributed by atoms with Gasteiger partial charge in [-0.1, -0.05) is 6.92 Å². The molecule has 162 valence electrons. The quantitative estimate of drug-likeness (QED) is 0.208. The Balaban J connectivity index is 2.00. The van der Waals surface area contributed by atoms with E-state index in [2.05, 4.69) is 21.9 Å². The summed E-state index contributed by atoms with van der Waals surface area (Å²) in [4.78, 5) is 3.58. The number of isothiocyanates is 1. The molecule has 0 aliphatic heterocycles. The SMILES string of the molecule is CCc1cc(F)c(-c2cc(F)c(C(F)(F)Oc3cc(F)c(N=C=S)c(F)c3)c(F)c2)s1. The van der Waals surface area contributed by atoms with Crippen molar-refractivity contribution in [3.8, 4) is 16.2 Å². The molecule has 0 atom stereocenters. The van der Waals surface area contributed by atoms with Crippen LogP contribution in [0.1, 0.15) is 17.4 Å². The number of halogens is 7. The molecule has 2 aromatic carbocycles. The van der Waals surface area contributed by atoms with Gasteiger partial charge in [0.1, 0.15) is 34.5 Å². The summed E-state index contributed by atoms with van der Waals surface area (Å²) in [6, 6.07) is 2.94. The summed E-state index contributed by atoms with van der Waals surface area (Å²) >= 11 is 5.14. The van der Waals surface area contributed by atoms with E-state index in [9.17, 15) is 30.7 Å². The van der Waals surface area contributed by atoms with Crippen molar-refractivity contribution in [1.82, 2.24) is 0 Å². The first kappa shape index (κ1) is 22.9. The van der Waals surface area contributed by atoms with Crippen LogP contribution in [-0.2, 0) is 12.5 Å². The molecule has 0 radical (unpaired) electrons. The van der Waals surface area contributed by atoms with E-state index >= 15 is 0 Å². The van der Waals surface area contributed by atoms with Gasteiger partial charge in [0, 0.05) is 22.6 Å². The number of benzene rings is 2. The van der Waals surface area contributed by atoms with Crippen LogP contribution in [-0.4, -0.2) is 5.16 Å². The molecule has 0 spiro atoms. The van der Waals surface area contributed by atoms with E-state index in [4.69, 9.17) is 0 Å². The van der Waals surface area contributed by atoms with Crippen LogP contribution < -0.4 is 4.74 Å². The van der Waals surface area contributed by atoms with Crippen molar-refractivity contribution in [3.05, 3.63) is 69.9 Å². The summed E-state index contributed by atoms with van der Waals surface area (Å²) in [6.45, 7) is 1.75. The van der Waals surface area contributed by atoms with Gasteiger partial charge in [-0.25, -0.2) is 22.0 Å². The Morgan fingerprint density at radius 3 is 2.00 bits per heavy atom. The molecule has 0 aliphatic carbocycles. The van der Waals surface area contributed by atoms with Crippen molar-refractivity contribution in [2.45, 2.75) is 19.5 Å². The zero-order valence-electron chi connectivity index (χ0n) is 15.4. The lowest BCUT2D eigenvalue weighted by Crippen LogP contribution is -2.25. The molecule has 3 aromatic rings. The van der Waals surface area contributed by atoms with Crippen LogP contribution in [0.15, 0.2) is 35.3 Å². The minimum absolute atomic E-state index is 0.121. The summed E-state index contributed by atoms with van der Waals surface area (Å²) in [5, 5.41) is 1.72. The summed E-state index contributed by atoms with van der Waals surface area (Å²) in [7, 11) is 0. The molecule has 2 nitrogen and oxygen atoms in total. The second kappa shape index (κ2) is 8.78. The van der Waals surface area contributed by atoms with Crippen molar-refractivity contribution in [3.63, 3.8) is 0 Å². The number of thiophene rings is 1. The van der Waals surface area contributed by atoms with E-state index in [1.54, 1.807) is 12.1 Å². The van der Waals surface area contributed by atoms with Gasteiger partial charge in [0.2, 0.25) is 0 Å². The van der Waals surface area contributed by atoms with E-state index < -0.39 is 52.2 Å². The van der Waals surface area contributed by atoms with E-state index in [1.165, 1.54) is 6.07 Å². The lowest BCUT2D eigenvalue weighted by molar-refractivity contribution is -0.189. The van der Waals surface area contributed by atoms with Gasteiger partial charge in [-0.15, -0.1) is 11.3 Å². The normalized spacial score (nSPS) is 11.4. The summed E-state index contributed by atoms with van der Waals surface area (Å²) in [5.74, 6) is -8.06. The second-order valence-electron chi connectivity index (χ2n) is 6.12. The van der Waals surface area contributed by atoms with Gasteiger partial charge < -0.3 is 4.74 Å². The summed E-state index contributed by atoms with van der Waals surface area (Å²) in [6.07, 6.45) is -4.18. The van der Waals surface area contributed by atoms with E-state index in [-0.39, 0.29) is 10.4 Å². The first-order chi connectivity index (χ1) is 14.6. The Hall–Kier alpha value is -2.75. The molecule has 31 heavy (non-hydrogen) atoms. The van der Waals surface area contributed by atoms with E-state index in [1.807, 2.05) is 0 Å². The maximum atomic E-state index is 14.5. The largest absolute Gasteiger partial charge is 0.432 e. The predicted octanol–water partition coefficient (Wildman–Crippen LogP) is 7.54. The van der Waals surface area contributed by atoms with E-state index in [0.717, 1.165) is 11.3 Å². The van der Waals surface area contributed by atoms with Gasteiger partial charge in [0.15, 0.2) is 11.6 Å². The van der Waals surface area contributed by atoms with Gasteiger partial charge in [0.25, 0.3) is 0 Å². The predicted molar refractivity (Wildman–Crippen MR) is 105 cm³/mol. The molecule has 3 rings (SSSR count). The topological polar surface area (TPSA) is 21.6 Å². The third kappa shape index (κ3) is 4.63. The number of nitrogens with zero attached hydrogens (tertiary/aromatic N) is 1. The highest BCUT2D eigenvalue weighted by atomic mass is 32.1. The van der Waals surface area contributed by atoms with Crippen LogP contribution in [0, 0.1) is 29.1 Å². The molecular weight excluding hydrogens is 467 g/mol. The zero-order valence-corrected chi connectivity index (χ0v) is 17.0. The average Bonchev–Trinajstić information content (AvgIpc) is 3.04. The van der Waals surface area contributed by atoms with Crippen LogP contribution in [0.25, 0.3) is 10.4 Å². The third-order valence-electron chi connectivity index (χ3n) is 4.08. The second-order valence-corrected chi connectivity index (χ2v) is 7.43. The molecular formula is C20H10F7NOS2. The van der Waals surface area contributed by atoms with Crippen molar-refractivity contribution < 1.29 is 35.5 Å². The van der Waals surface area contributed by atoms with Crippen molar-refractivity contribution in [2.75, 3.05) is 0 Å². The standard InChI is InChI=1S/C20H10F7NOS2/c1-2-11-7-16(25)19(31-11)9-3-12(21)17(13(22)4-9)20(26,27)29-10-5-14(23)18(28-8-30)15(24)6-10/h3-7H,2H2,1H3. The zero-order chi connectivity index (χ0) is 22.9. The Labute approximate surface area is 180 Å². The number of ether oxygens (including phenoxy) is 1. The number of alkyl halides is 2. The molecule has 0 bridgehead atoms. The maximum Gasteiger partial charge on any atom is 0.432 e. The van der Waals surface area contributed by atoms with Crippen LogP contribution in [0.3, 0.4) is 0 Å². The molecule has 0 aliphatic rings. The molecule has 0 amide bonds. The van der Waals surface area contributed by atoms with Gasteiger partial charge in [-0.2, -0.15) is 13.8 Å². The van der Waals surface area contributed by atoms with Crippen LogP contribution >= 0.6 is 23.6 Å². The number of aliphatic imine (C=N–C) groups is 1. The summed E-state index contributed by atoms with van der Waals surface area (Å²) < 4.78 is 104. The number of hydrogen-bond donors (Lipinski definition) is 0. The average molecular weight is 477 g/mol. The fourth-order valence-electron chi connectivity index (χ4n) is 2.72. The lowest BCUT2D eigenvalue weighted by atomic mass is 10.1. The first-order valence-electron chi connectivity index (χ1n) is 8.49. The molecule has 0 fully saturated rings. The van der Waals surface area contributed by atoms with Gasteiger partial charge in [-0.05, 0) is 36.8 Å². The fraction of sp³-hybridized carbons (Fsp3) is 0.150. The number of thiocarbonyl (C=S) groups is 1. The Bertz CT molecular complexity index is 1160. The minimum atomic E-state index is -4.65. The molecule has 0 N–H and O–H groups in total. The highest BCUT2D eigenvalue weighted by Gasteiger charge is 2.41. The molecule has 0 saturated heterocycles. The minimum Gasteiger partial charge on any atom is -0.429 e. The lowest BCUT2D eigenvalue weighted by Gasteiger charge is -2.20. The van der Waals surface area contributed by atoms with Crippen LogP contribution in [0.4, 0.5) is 36.4 Å². The number of hydrogen-bond acceptors (Lipinski definition) is 4. The maximum absolute atomic E-state index is 14.5.